The fourth-order valence-corrected chi connectivity index (χ4v) is 5.71. The number of halogens is 5. The topological polar surface area (TPSA) is 54.8 Å². The number of pyridine rings is 1. The SMILES string of the molecule is [2H]c1c([2H])c(F)c(F)c(C([2H])([2H])Sc2c([2H])c(=O)c3c([2H])c(C)c([2H])c([2H])c3n2C([2H])([2H])C(=O)N(C2CCN(CC([2H])([2H])OC)CC2)C([2H])([2H])c2c([2H])c([2H])c(-c3c([2H])c([2H])c(C(F)(F)F)c([2H])c3[2H])c([2H])c2[2H])c1[2H]. The molecule has 0 N–H and O–H groups in total. The summed E-state index contributed by atoms with van der Waals surface area (Å²) in [6.45, 7) is -10.3. The highest BCUT2D eigenvalue weighted by Crippen LogP contribution is 2.32. The highest BCUT2D eigenvalue weighted by Gasteiger charge is 2.31. The van der Waals surface area contributed by atoms with Gasteiger partial charge in [-0.15, -0.1) is 11.8 Å². The molecule has 0 aliphatic carbocycles. The summed E-state index contributed by atoms with van der Waals surface area (Å²) in [6, 6.07) is -22.8. The Bertz CT molecular complexity index is 3250. The third-order valence-corrected chi connectivity index (χ3v) is 8.39. The number of amides is 1. The van der Waals surface area contributed by atoms with Crippen molar-refractivity contribution in [1.29, 1.82) is 0 Å². The maximum atomic E-state index is 15.6. The maximum Gasteiger partial charge on any atom is 0.416 e. The van der Waals surface area contributed by atoms with Crippen LogP contribution in [0.4, 0.5) is 22.0 Å². The Hall–Kier alpha value is -4.52. The average molecular weight is 773 g/mol. The van der Waals surface area contributed by atoms with E-state index in [1.54, 1.807) is 0 Å². The van der Waals surface area contributed by atoms with Crippen LogP contribution in [0.15, 0.2) is 100 Å². The van der Waals surface area contributed by atoms with Crippen molar-refractivity contribution < 1.29 is 63.0 Å². The summed E-state index contributed by atoms with van der Waals surface area (Å²) in [6.07, 6.45) is -6.40. The molecule has 1 fully saturated rings. The Morgan fingerprint density at radius 2 is 1.66 bits per heavy atom. The van der Waals surface area contributed by atoms with Crippen molar-refractivity contribution in [3.05, 3.63) is 135 Å². The highest BCUT2D eigenvalue weighted by atomic mass is 32.2. The number of carbonyl (C=O) groups is 1. The minimum Gasteiger partial charge on any atom is -0.383 e. The first kappa shape index (κ1) is 18.7. The van der Waals surface area contributed by atoms with Gasteiger partial charge in [-0.05, 0) is 66.7 Å². The molecule has 0 atom stereocenters. The Morgan fingerprint density at radius 1 is 0.981 bits per heavy atom. The van der Waals surface area contributed by atoms with Crippen molar-refractivity contribution in [3.8, 4) is 11.1 Å². The van der Waals surface area contributed by atoms with Gasteiger partial charge in [-0.25, -0.2) is 8.78 Å². The normalized spacial score (nSPS) is 21.5. The smallest absolute Gasteiger partial charge is 0.383 e. The van der Waals surface area contributed by atoms with Gasteiger partial charge in [0, 0.05) is 64.7 Å². The van der Waals surface area contributed by atoms with Gasteiger partial charge in [-0.3, -0.25) is 9.59 Å². The summed E-state index contributed by atoms with van der Waals surface area (Å²) in [5, 5.41) is -2.49. The zero-order chi connectivity index (χ0) is 57.9. The number of thioether (sulfide) groups is 1. The summed E-state index contributed by atoms with van der Waals surface area (Å²) in [5.41, 5.74) is -14.5. The van der Waals surface area contributed by atoms with E-state index >= 15 is 9.18 Å². The molecule has 1 saturated heterocycles. The minimum atomic E-state index is -5.47. The van der Waals surface area contributed by atoms with Gasteiger partial charge >= 0.3 is 6.18 Å². The van der Waals surface area contributed by atoms with Gasteiger partial charge in [0.05, 0.1) is 51.5 Å². The molecular weight excluding hydrogens is 710 g/mol. The van der Waals surface area contributed by atoms with E-state index < -0.39 is 232 Å². The van der Waals surface area contributed by atoms with Gasteiger partial charge in [-0.2, -0.15) is 13.2 Å². The first-order valence-electron chi connectivity index (χ1n) is 26.9. The van der Waals surface area contributed by atoms with Crippen LogP contribution in [0.5, 0.6) is 0 Å². The van der Waals surface area contributed by atoms with Gasteiger partial charge in [0.15, 0.2) is 17.1 Å². The third kappa shape index (κ3) is 9.17. The molecule has 2 heterocycles. The van der Waals surface area contributed by atoms with Gasteiger partial charge < -0.3 is 19.1 Å². The standard InChI is InChI=1S/C41H40F5N3O3S/c1-27-6-15-36-34(22-27)37(50)23-39(53-26-31-4-3-5-35(42)40(31)43)49(36)25-38(51)48(33-16-18-47(19-17-33)20-21-52-2)24-28-7-9-29(10-8-28)30-11-13-32(14-12-30)41(44,45)46/h3-15,22-23,33H,16-21,24-26H2,1-2H3/i3D,4D,5D,6D,7D,8D,9D,10D,11D,12D,13D,14D,15D,21D2,22D,23D,24D2,25D2,26D2. The lowest BCUT2D eigenvalue weighted by Crippen LogP contribution is -2.48. The molecule has 6 rings (SSSR count). The number of carbonyl (C=O) groups excluding carboxylic acids is 1. The summed E-state index contributed by atoms with van der Waals surface area (Å²) in [5.74, 6) is -6.56. The zero-order valence-electron chi connectivity index (χ0n) is 50.5. The minimum absolute atomic E-state index is 0.0427. The molecule has 1 amide bonds. The van der Waals surface area contributed by atoms with Crippen LogP contribution in [0.3, 0.4) is 0 Å². The highest BCUT2D eigenvalue weighted by molar-refractivity contribution is 7.98. The molecule has 12 heteroatoms. The lowest BCUT2D eigenvalue weighted by molar-refractivity contribution is -0.137. The number of aromatic nitrogens is 1. The second kappa shape index (κ2) is 16.7. The number of nitrogens with zero attached hydrogens (tertiary/aromatic N) is 3. The van der Waals surface area contributed by atoms with Gasteiger partial charge in [0.1, 0.15) is 6.50 Å². The summed E-state index contributed by atoms with van der Waals surface area (Å²) < 4.78 is 277. The van der Waals surface area contributed by atoms with Crippen LogP contribution in [0, 0.1) is 18.6 Å². The van der Waals surface area contributed by atoms with Crippen molar-refractivity contribution in [2.75, 3.05) is 33.3 Å². The number of hydrogen-bond acceptors (Lipinski definition) is 5. The van der Waals surface area contributed by atoms with Crippen molar-refractivity contribution in [2.45, 2.75) is 55.7 Å². The lowest BCUT2D eigenvalue weighted by atomic mass is 10.00. The molecule has 0 unspecified atom stereocenters. The first-order valence-corrected chi connectivity index (χ1v) is 16.2. The maximum absolute atomic E-state index is 15.6. The molecule has 6 nitrogen and oxygen atoms in total. The van der Waals surface area contributed by atoms with Gasteiger partial charge in [0.25, 0.3) is 0 Å². The molecule has 1 aromatic heterocycles. The number of fused-ring (bicyclic) bond motifs is 1. The molecule has 0 radical (unpaired) electrons. The lowest BCUT2D eigenvalue weighted by Gasteiger charge is -2.39. The van der Waals surface area contributed by atoms with Gasteiger partial charge in [0.2, 0.25) is 5.91 Å². The second-order valence-corrected chi connectivity index (χ2v) is 11.9. The van der Waals surface area contributed by atoms with Crippen molar-refractivity contribution in [2.24, 2.45) is 0 Å². The van der Waals surface area contributed by atoms with Crippen molar-refractivity contribution in [1.82, 2.24) is 14.4 Å². The summed E-state index contributed by atoms with van der Waals surface area (Å²) in [7, 11) is 1.05. The van der Waals surface area contributed by atoms with Crippen LogP contribution in [0.2, 0.25) is 0 Å². The average Bonchev–Trinajstić information content (AvgIpc) is 3.32. The van der Waals surface area contributed by atoms with E-state index in [4.69, 9.17) is 30.8 Å². The fourth-order valence-electron chi connectivity index (χ4n) is 5.00. The molecule has 278 valence electrons. The van der Waals surface area contributed by atoms with E-state index in [1.165, 1.54) is 4.90 Å². The second-order valence-electron chi connectivity index (χ2n) is 11.2. The van der Waals surface area contributed by atoms with Crippen LogP contribution in [0.25, 0.3) is 22.0 Å². The summed E-state index contributed by atoms with van der Waals surface area (Å²) >= 11 is -0.581. The third-order valence-electron chi connectivity index (χ3n) is 7.61. The number of benzene rings is 4. The van der Waals surface area contributed by atoms with Gasteiger partial charge in [-0.1, -0.05) is 59.9 Å². The summed E-state index contributed by atoms with van der Waals surface area (Å²) in [4.78, 5) is 31.2. The van der Waals surface area contributed by atoms with E-state index in [1.807, 2.05) is 0 Å². The van der Waals surface area contributed by atoms with Crippen LogP contribution in [0.1, 0.15) is 66.6 Å². The predicted molar refractivity (Wildman–Crippen MR) is 198 cm³/mol. The molecule has 5 aromatic rings. The number of ether oxygens (including phenoxy) is 1. The molecule has 1 aliphatic heterocycles. The van der Waals surface area contributed by atoms with E-state index in [-0.39, 0.29) is 22.6 Å². The Balaban J connectivity index is 1.69. The largest absolute Gasteiger partial charge is 0.416 e. The molecular formula is C41H40F5N3O3S. The molecule has 0 bridgehead atoms. The number of hydrogen-bond donors (Lipinski definition) is 0. The number of rotatable bonds is 12. The molecule has 4 aromatic carbocycles. The number of alkyl halides is 3. The van der Waals surface area contributed by atoms with E-state index in [9.17, 15) is 27.8 Å². The quantitative estimate of drug-likeness (QED) is 0.0939. The van der Waals surface area contributed by atoms with Crippen LogP contribution < -0.4 is 5.43 Å². The number of likely N-dealkylation sites (tertiary alicyclic amines) is 1. The van der Waals surface area contributed by atoms with Crippen molar-refractivity contribution in [3.63, 3.8) is 0 Å². The number of piperidine rings is 1. The Labute approximate surface area is 341 Å². The van der Waals surface area contributed by atoms with Crippen LogP contribution in [-0.2, 0) is 34.4 Å². The van der Waals surface area contributed by atoms with Crippen molar-refractivity contribution >= 4 is 28.6 Å². The predicted octanol–water partition coefficient (Wildman–Crippen LogP) is 8.71. The Morgan fingerprint density at radius 3 is 2.32 bits per heavy atom. The Kier molecular flexibility index (Phi) is 5.87. The van der Waals surface area contributed by atoms with E-state index in [2.05, 4.69) is 0 Å². The molecule has 0 saturated carbocycles. The monoisotopic (exact) mass is 772 g/mol. The molecule has 1 aliphatic rings. The molecule has 53 heavy (non-hydrogen) atoms. The fraction of sp³-hybridized carbons (Fsp3) is 0.317. The number of methoxy groups -OCH3 is 1. The van der Waals surface area contributed by atoms with Crippen LogP contribution >= 0.6 is 11.8 Å². The van der Waals surface area contributed by atoms with E-state index in [0.29, 0.717) is 0 Å². The molecule has 0 spiro atoms. The first-order chi connectivity index (χ1) is 34.7. The van der Waals surface area contributed by atoms with Crippen LogP contribution in [-0.4, -0.2) is 59.6 Å². The zero-order valence-corrected chi connectivity index (χ0v) is 28.3. The van der Waals surface area contributed by atoms with E-state index in [0.717, 1.165) is 14.0 Å².